The summed E-state index contributed by atoms with van der Waals surface area (Å²) < 4.78 is 22.9. The molecule has 1 fully saturated rings. The van der Waals surface area contributed by atoms with Gasteiger partial charge >= 0.3 is 0 Å². The van der Waals surface area contributed by atoms with Crippen LogP contribution in [0, 0.1) is 5.92 Å². The van der Waals surface area contributed by atoms with E-state index in [1.807, 2.05) is 0 Å². The zero-order chi connectivity index (χ0) is 15.6. The van der Waals surface area contributed by atoms with Crippen LogP contribution in [0.25, 0.3) is 0 Å². The fraction of sp³-hybridized carbons (Fsp3) is 0.462. The molecule has 0 bridgehead atoms. The van der Waals surface area contributed by atoms with Crippen LogP contribution in [0.1, 0.15) is 36.0 Å². The molecule has 0 aromatic heterocycles. The molecule has 0 atom stereocenters. The monoisotopic (exact) mass is 350 g/mol. The number of nitrogens with one attached hydrogen (secondary N) is 1. The van der Waals surface area contributed by atoms with Crippen molar-refractivity contribution >= 4 is 39.1 Å². The quantitative estimate of drug-likeness (QED) is 0.874. The number of hydrogen-bond donors (Lipinski definition) is 2. The minimum atomic E-state index is -4.01. The summed E-state index contributed by atoms with van der Waals surface area (Å²) in [5.74, 6) is -0.0321. The lowest BCUT2D eigenvalue weighted by Gasteiger charge is -2.13. The maximum atomic E-state index is 12.2. The van der Waals surface area contributed by atoms with Crippen molar-refractivity contribution in [2.24, 2.45) is 11.1 Å². The molecule has 0 unspecified atom stereocenters. The summed E-state index contributed by atoms with van der Waals surface area (Å²) in [6, 6.07) is 2.49. The van der Waals surface area contributed by atoms with Crippen LogP contribution in [0.2, 0.25) is 10.0 Å². The van der Waals surface area contributed by atoms with Crippen LogP contribution in [0.4, 0.5) is 0 Å². The number of benzene rings is 1. The topological polar surface area (TPSA) is 89.3 Å². The molecular formula is C13H16Cl2N2O3S. The van der Waals surface area contributed by atoms with Gasteiger partial charge in [0.15, 0.2) is 0 Å². The molecule has 3 N–H and O–H groups in total. The van der Waals surface area contributed by atoms with Crippen molar-refractivity contribution in [2.75, 3.05) is 6.54 Å². The molecule has 0 heterocycles. The molecule has 0 spiro atoms. The highest BCUT2D eigenvalue weighted by molar-refractivity contribution is 7.89. The summed E-state index contributed by atoms with van der Waals surface area (Å²) >= 11 is 11.9. The Labute approximate surface area is 133 Å². The molecule has 0 aliphatic heterocycles. The first-order chi connectivity index (χ1) is 9.80. The lowest BCUT2D eigenvalue weighted by Crippen LogP contribution is -2.29. The highest BCUT2D eigenvalue weighted by Gasteiger charge is 2.23. The first-order valence-corrected chi connectivity index (χ1v) is 8.90. The van der Waals surface area contributed by atoms with Crippen LogP contribution in [0.3, 0.4) is 0 Å². The standard InChI is InChI=1S/C13H16Cl2N2O3S/c14-9-5-6-10(21(16,19)20)12(15)11(9)13(18)17-7-8-3-1-2-4-8/h5-6,8H,1-4,7H2,(H,17,18)(H2,16,19,20). The second-order valence-electron chi connectivity index (χ2n) is 5.14. The zero-order valence-corrected chi connectivity index (χ0v) is 13.6. The predicted molar refractivity (Wildman–Crippen MR) is 82.1 cm³/mol. The van der Waals surface area contributed by atoms with Gasteiger partial charge in [-0.05, 0) is 30.9 Å². The molecule has 0 radical (unpaired) electrons. The lowest BCUT2D eigenvalue weighted by atomic mass is 10.1. The third-order valence-corrected chi connectivity index (χ3v) is 5.39. The van der Waals surface area contributed by atoms with Gasteiger partial charge in [-0.3, -0.25) is 4.79 Å². The molecule has 1 aliphatic rings. The van der Waals surface area contributed by atoms with E-state index in [9.17, 15) is 13.2 Å². The average Bonchev–Trinajstić information content (AvgIpc) is 2.87. The first kappa shape index (κ1) is 16.5. The van der Waals surface area contributed by atoms with Gasteiger partial charge in [0.2, 0.25) is 10.0 Å². The summed E-state index contributed by atoms with van der Waals surface area (Å²) in [4.78, 5) is 11.9. The van der Waals surface area contributed by atoms with Crippen LogP contribution >= 0.6 is 23.2 Å². The Kier molecular flexibility index (Phi) is 5.14. The molecule has 2 rings (SSSR count). The number of primary sulfonamides is 1. The van der Waals surface area contributed by atoms with E-state index in [1.165, 1.54) is 25.0 Å². The van der Waals surface area contributed by atoms with Crippen LogP contribution < -0.4 is 10.5 Å². The van der Waals surface area contributed by atoms with Crippen LogP contribution in [-0.4, -0.2) is 20.9 Å². The van der Waals surface area contributed by atoms with E-state index in [4.69, 9.17) is 28.3 Å². The predicted octanol–water partition coefficient (Wildman–Crippen LogP) is 2.56. The molecular weight excluding hydrogens is 335 g/mol. The fourth-order valence-corrected chi connectivity index (χ4v) is 3.98. The van der Waals surface area contributed by atoms with E-state index < -0.39 is 15.9 Å². The Balaban J connectivity index is 2.23. The third kappa shape index (κ3) is 3.88. The van der Waals surface area contributed by atoms with Crippen LogP contribution in [0.15, 0.2) is 17.0 Å². The van der Waals surface area contributed by atoms with Crippen LogP contribution in [-0.2, 0) is 10.0 Å². The van der Waals surface area contributed by atoms with Crippen molar-refractivity contribution < 1.29 is 13.2 Å². The van der Waals surface area contributed by atoms with Crippen molar-refractivity contribution in [1.82, 2.24) is 5.32 Å². The summed E-state index contributed by atoms with van der Waals surface area (Å²) in [6.07, 6.45) is 4.50. The normalized spacial score (nSPS) is 16.1. The second-order valence-corrected chi connectivity index (χ2v) is 7.46. The molecule has 1 saturated carbocycles. The number of hydrogen-bond acceptors (Lipinski definition) is 3. The van der Waals surface area contributed by atoms with E-state index in [2.05, 4.69) is 5.32 Å². The van der Waals surface area contributed by atoms with E-state index in [1.54, 1.807) is 0 Å². The molecule has 0 saturated heterocycles. The van der Waals surface area contributed by atoms with Gasteiger partial charge in [-0.25, -0.2) is 13.6 Å². The van der Waals surface area contributed by atoms with Gasteiger partial charge in [-0.2, -0.15) is 0 Å². The smallest absolute Gasteiger partial charge is 0.254 e. The fourth-order valence-electron chi connectivity index (χ4n) is 2.50. The van der Waals surface area contributed by atoms with E-state index >= 15 is 0 Å². The molecule has 5 nitrogen and oxygen atoms in total. The SMILES string of the molecule is NS(=O)(=O)c1ccc(Cl)c(C(=O)NCC2CCCC2)c1Cl. The highest BCUT2D eigenvalue weighted by atomic mass is 35.5. The Morgan fingerprint density at radius 2 is 1.90 bits per heavy atom. The Hall–Kier alpha value is -0.820. The number of nitrogens with two attached hydrogens (primary N) is 1. The van der Waals surface area contributed by atoms with Crippen molar-refractivity contribution in [3.8, 4) is 0 Å². The molecule has 8 heteroatoms. The number of carbonyl (C=O) groups excluding carboxylic acids is 1. The molecule has 1 aliphatic carbocycles. The third-order valence-electron chi connectivity index (χ3n) is 3.62. The molecule has 116 valence electrons. The largest absolute Gasteiger partial charge is 0.352 e. The number of rotatable bonds is 4. The molecule has 1 aromatic rings. The Morgan fingerprint density at radius 3 is 2.48 bits per heavy atom. The average molecular weight is 351 g/mol. The number of halogens is 2. The molecule has 21 heavy (non-hydrogen) atoms. The minimum absolute atomic E-state index is 0.0529. The van der Waals surface area contributed by atoms with Gasteiger partial charge in [-0.15, -0.1) is 0 Å². The van der Waals surface area contributed by atoms with Crippen molar-refractivity contribution in [3.05, 3.63) is 27.7 Å². The number of sulfonamides is 1. The Morgan fingerprint density at radius 1 is 1.29 bits per heavy atom. The zero-order valence-electron chi connectivity index (χ0n) is 11.2. The highest BCUT2D eigenvalue weighted by Crippen LogP contribution is 2.31. The Bertz CT molecular complexity index is 656. The molecule has 1 aromatic carbocycles. The number of amides is 1. The summed E-state index contributed by atoms with van der Waals surface area (Å²) in [6.45, 7) is 0.533. The summed E-state index contributed by atoms with van der Waals surface area (Å²) in [5, 5.41) is 7.67. The minimum Gasteiger partial charge on any atom is -0.352 e. The van der Waals surface area contributed by atoms with Gasteiger partial charge in [0.25, 0.3) is 5.91 Å². The maximum Gasteiger partial charge on any atom is 0.254 e. The van der Waals surface area contributed by atoms with Gasteiger partial charge in [0, 0.05) is 6.54 Å². The number of carbonyl (C=O) groups is 1. The maximum absolute atomic E-state index is 12.2. The van der Waals surface area contributed by atoms with E-state index in [-0.39, 0.29) is 20.5 Å². The van der Waals surface area contributed by atoms with E-state index in [0.717, 1.165) is 12.8 Å². The van der Waals surface area contributed by atoms with Gasteiger partial charge in [0.05, 0.1) is 15.6 Å². The van der Waals surface area contributed by atoms with Crippen molar-refractivity contribution in [1.29, 1.82) is 0 Å². The summed E-state index contributed by atoms with van der Waals surface area (Å²) in [7, 11) is -4.01. The van der Waals surface area contributed by atoms with Gasteiger partial charge in [-0.1, -0.05) is 36.0 Å². The van der Waals surface area contributed by atoms with Gasteiger partial charge < -0.3 is 5.32 Å². The van der Waals surface area contributed by atoms with E-state index in [0.29, 0.717) is 12.5 Å². The van der Waals surface area contributed by atoms with Crippen molar-refractivity contribution in [2.45, 2.75) is 30.6 Å². The van der Waals surface area contributed by atoms with Gasteiger partial charge in [0.1, 0.15) is 4.90 Å². The first-order valence-electron chi connectivity index (χ1n) is 6.59. The lowest BCUT2D eigenvalue weighted by molar-refractivity contribution is 0.0947. The van der Waals surface area contributed by atoms with Crippen molar-refractivity contribution in [3.63, 3.8) is 0 Å². The molecule has 1 amide bonds. The second kappa shape index (κ2) is 6.52. The summed E-state index contributed by atoms with van der Waals surface area (Å²) in [5.41, 5.74) is -0.0529. The van der Waals surface area contributed by atoms with Crippen LogP contribution in [0.5, 0.6) is 0 Å².